The van der Waals surface area contributed by atoms with E-state index in [9.17, 15) is 10.1 Å². The minimum Gasteiger partial charge on any atom is -0.493 e. The van der Waals surface area contributed by atoms with E-state index in [4.69, 9.17) is 4.74 Å². The molecule has 1 atom stereocenters. The number of halogens is 1. The Kier molecular flexibility index (Phi) is 11.2. The maximum Gasteiger partial charge on any atom is 0.306 e. The van der Waals surface area contributed by atoms with E-state index in [0.29, 0.717) is 31.6 Å². The fourth-order valence-electron chi connectivity index (χ4n) is 2.56. The molecule has 0 amide bonds. The van der Waals surface area contributed by atoms with Gasteiger partial charge >= 0.3 is 5.69 Å². The average Bonchev–Trinajstić information content (AvgIpc) is 3.16. The molecule has 2 rings (SSSR count). The molecule has 1 heterocycles. The van der Waals surface area contributed by atoms with Crippen LogP contribution in [0.2, 0.25) is 0 Å². The molecule has 0 bridgehead atoms. The molecule has 30 heavy (non-hydrogen) atoms. The molecule has 0 aliphatic carbocycles. The molecule has 2 N–H and O–H groups in total. The van der Waals surface area contributed by atoms with Crippen LogP contribution < -0.4 is 15.4 Å². The smallest absolute Gasteiger partial charge is 0.306 e. The fourth-order valence-corrected chi connectivity index (χ4v) is 2.56. The summed E-state index contributed by atoms with van der Waals surface area (Å²) in [6.45, 7) is 10.6. The Morgan fingerprint density at radius 3 is 2.57 bits per heavy atom. The summed E-state index contributed by atoms with van der Waals surface area (Å²) in [7, 11) is 0. The Morgan fingerprint density at radius 2 is 2.00 bits per heavy atom. The predicted octanol–water partition coefficient (Wildman–Crippen LogP) is 3.76. The summed E-state index contributed by atoms with van der Waals surface area (Å²) < 4.78 is 7.24. The maximum absolute atomic E-state index is 10.7. The van der Waals surface area contributed by atoms with Gasteiger partial charge in [-0.15, -0.1) is 24.0 Å². The van der Waals surface area contributed by atoms with Gasteiger partial charge < -0.3 is 15.4 Å². The van der Waals surface area contributed by atoms with Crippen molar-refractivity contribution in [3.8, 4) is 5.75 Å². The Labute approximate surface area is 194 Å². The molecule has 0 aliphatic rings. The topological polar surface area (TPSA) is 107 Å². The van der Waals surface area contributed by atoms with Gasteiger partial charge in [0.25, 0.3) is 0 Å². The van der Waals surface area contributed by atoms with Gasteiger partial charge in [-0.1, -0.05) is 26.0 Å². The summed E-state index contributed by atoms with van der Waals surface area (Å²) in [6.07, 6.45) is 2.64. The molecule has 9 nitrogen and oxygen atoms in total. The molecular weight excluding hydrogens is 499 g/mol. The highest BCUT2D eigenvalue weighted by molar-refractivity contribution is 14.0. The lowest BCUT2D eigenvalue weighted by Gasteiger charge is -2.18. The molecule has 0 spiro atoms. The molecule has 0 aliphatic heterocycles. The van der Waals surface area contributed by atoms with Crippen molar-refractivity contribution in [3.63, 3.8) is 0 Å². The molecule has 0 saturated heterocycles. The van der Waals surface area contributed by atoms with Crippen LogP contribution in [0.3, 0.4) is 0 Å². The SMILES string of the molecule is CCNC(=NCCn1cc([N+](=O)[O-])cn1)NC(C)c1ccc(OCC(C)C)cc1.I. The van der Waals surface area contributed by atoms with Crippen LogP contribution in [0.4, 0.5) is 5.69 Å². The van der Waals surface area contributed by atoms with Crippen molar-refractivity contribution >= 4 is 35.6 Å². The Morgan fingerprint density at radius 1 is 1.30 bits per heavy atom. The maximum atomic E-state index is 10.7. The number of nitrogens with zero attached hydrogens (tertiary/aromatic N) is 4. The number of nitrogens with one attached hydrogen (secondary N) is 2. The van der Waals surface area contributed by atoms with Crippen LogP contribution in [0.5, 0.6) is 5.75 Å². The largest absolute Gasteiger partial charge is 0.493 e. The second-order valence-electron chi connectivity index (χ2n) is 7.12. The highest BCUT2D eigenvalue weighted by Gasteiger charge is 2.10. The Balaban J connectivity index is 0.00000450. The number of aromatic nitrogens is 2. The van der Waals surface area contributed by atoms with Crippen molar-refractivity contribution in [3.05, 3.63) is 52.3 Å². The summed E-state index contributed by atoms with van der Waals surface area (Å²) in [5.41, 5.74) is 1.10. The van der Waals surface area contributed by atoms with E-state index in [1.807, 2.05) is 31.2 Å². The first-order valence-corrected chi connectivity index (χ1v) is 9.83. The summed E-state index contributed by atoms with van der Waals surface area (Å²) in [4.78, 5) is 14.8. The highest BCUT2D eigenvalue weighted by atomic mass is 127. The second-order valence-corrected chi connectivity index (χ2v) is 7.12. The highest BCUT2D eigenvalue weighted by Crippen LogP contribution is 2.18. The average molecular weight is 530 g/mol. The number of benzene rings is 1. The Hall–Kier alpha value is -2.37. The molecule has 0 fully saturated rings. The van der Waals surface area contributed by atoms with Crippen LogP contribution in [0, 0.1) is 16.0 Å². The van der Waals surface area contributed by atoms with E-state index in [1.54, 1.807) is 0 Å². The number of nitro groups is 1. The van der Waals surface area contributed by atoms with Crippen LogP contribution in [0.25, 0.3) is 0 Å². The van der Waals surface area contributed by atoms with Crippen molar-refractivity contribution in [2.45, 2.75) is 40.3 Å². The molecule has 166 valence electrons. The zero-order chi connectivity index (χ0) is 21.2. The van der Waals surface area contributed by atoms with E-state index < -0.39 is 4.92 Å². The van der Waals surface area contributed by atoms with Crippen molar-refractivity contribution in [2.24, 2.45) is 10.9 Å². The van der Waals surface area contributed by atoms with Gasteiger partial charge in [0.15, 0.2) is 5.96 Å². The van der Waals surface area contributed by atoms with Gasteiger partial charge in [0.2, 0.25) is 0 Å². The van der Waals surface area contributed by atoms with Crippen molar-refractivity contribution in [1.29, 1.82) is 0 Å². The summed E-state index contributed by atoms with van der Waals surface area (Å²) in [5, 5.41) is 21.3. The van der Waals surface area contributed by atoms with Gasteiger partial charge in [-0.3, -0.25) is 19.8 Å². The lowest BCUT2D eigenvalue weighted by molar-refractivity contribution is -0.385. The number of rotatable bonds is 10. The van der Waals surface area contributed by atoms with E-state index in [2.05, 4.69) is 41.5 Å². The second kappa shape index (κ2) is 13.0. The van der Waals surface area contributed by atoms with Crippen molar-refractivity contribution in [2.75, 3.05) is 19.7 Å². The number of aliphatic imine (C=N–C) groups is 1. The van der Waals surface area contributed by atoms with Gasteiger partial charge in [-0.25, -0.2) is 0 Å². The molecule has 1 unspecified atom stereocenters. The summed E-state index contributed by atoms with van der Waals surface area (Å²) >= 11 is 0. The lowest BCUT2D eigenvalue weighted by atomic mass is 10.1. The number of hydrogen-bond acceptors (Lipinski definition) is 5. The van der Waals surface area contributed by atoms with Crippen LogP contribution in [-0.4, -0.2) is 40.4 Å². The normalized spacial score (nSPS) is 12.2. The van der Waals surface area contributed by atoms with Crippen LogP contribution in [-0.2, 0) is 6.54 Å². The number of hydrogen-bond donors (Lipinski definition) is 2. The molecule has 1 aromatic carbocycles. The number of ether oxygens (including phenoxy) is 1. The minimum atomic E-state index is -0.459. The predicted molar refractivity (Wildman–Crippen MR) is 129 cm³/mol. The molecule has 0 radical (unpaired) electrons. The van der Waals surface area contributed by atoms with E-state index in [0.717, 1.165) is 17.9 Å². The summed E-state index contributed by atoms with van der Waals surface area (Å²) in [5.74, 6) is 2.03. The molecule has 0 saturated carbocycles. The molecular formula is C20H31IN6O3. The first kappa shape index (κ1) is 25.7. The third-order valence-corrected chi connectivity index (χ3v) is 4.09. The third-order valence-electron chi connectivity index (χ3n) is 4.09. The van der Waals surface area contributed by atoms with E-state index >= 15 is 0 Å². The minimum absolute atomic E-state index is 0. The van der Waals surface area contributed by atoms with Crippen molar-refractivity contribution in [1.82, 2.24) is 20.4 Å². The quantitative estimate of drug-likeness (QED) is 0.159. The third kappa shape index (κ3) is 8.56. The van der Waals surface area contributed by atoms with Gasteiger partial charge in [-0.2, -0.15) is 5.10 Å². The van der Waals surface area contributed by atoms with E-state index in [1.165, 1.54) is 17.1 Å². The fraction of sp³-hybridized carbons (Fsp3) is 0.500. The van der Waals surface area contributed by atoms with Crippen LogP contribution in [0.15, 0.2) is 41.7 Å². The van der Waals surface area contributed by atoms with Gasteiger partial charge in [-0.05, 0) is 37.5 Å². The van der Waals surface area contributed by atoms with Gasteiger partial charge in [0, 0.05) is 6.54 Å². The summed E-state index contributed by atoms with van der Waals surface area (Å²) in [6, 6.07) is 8.09. The monoisotopic (exact) mass is 530 g/mol. The van der Waals surface area contributed by atoms with Crippen LogP contribution in [0.1, 0.15) is 39.3 Å². The zero-order valence-corrected chi connectivity index (χ0v) is 20.2. The molecule has 10 heteroatoms. The van der Waals surface area contributed by atoms with Gasteiger partial charge in [0.05, 0.1) is 30.7 Å². The first-order chi connectivity index (χ1) is 13.9. The van der Waals surface area contributed by atoms with Gasteiger partial charge in [0.1, 0.15) is 18.1 Å². The first-order valence-electron chi connectivity index (χ1n) is 9.83. The number of guanidine groups is 1. The van der Waals surface area contributed by atoms with Crippen molar-refractivity contribution < 1.29 is 9.66 Å². The zero-order valence-electron chi connectivity index (χ0n) is 17.9. The standard InChI is InChI=1S/C20H30N6O3.HI/c1-5-21-20(22-10-11-25-13-18(12-23-25)26(27)28)24-16(4)17-6-8-19(9-7-17)29-14-15(2)3;/h6-9,12-13,15-16H,5,10-11,14H2,1-4H3,(H2,21,22,24);1H. The lowest BCUT2D eigenvalue weighted by Crippen LogP contribution is -2.39. The molecule has 1 aromatic heterocycles. The van der Waals surface area contributed by atoms with Crippen LogP contribution >= 0.6 is 24.0 Å². The molecule has 2 aromatic rings. The Bertz CT molecular complexity index is 807. The van der Waals surface area contributed by atoms with E-state index in [-0.39, 0.29) is 35.7 Å².